The fourth-order valence-corrected chi connectivity index (χ4v) is 3.74. The number of aromatic nitrogens is 2. The Morgan fingerprint density at radius 1 is 1.25 bits per heavy atom. The van der Waals surface area contributed by atoms with Gasteiger partial charge in [-0.2, -0.15) is 5.10 Å². The van der Waals surface area contributed by atoms with Crippen LogP contribution in [-0.2, 0) is 16.0 Å². The zero-order valence-electron chi connectivity index (χ0n) is 16.9. The quantitative estimate of drug-likeness (QED) is 0.227. The van der Waals surface area contributed by atoms with Gasteiger partial charge in [0.15, 0.2) is 5.96 Å². The van der Waals surface area contributed by atoms with Gasteiger partial charge >= 0.3 is 0 Å². The number of aryl methyl sites for hydroxylation is 1. The molecule has 1 aromatic heterocycles. The first-order chi connectivity index (χ1) is 13.4. The molecule has 0 amide bonds. The van der Waals surface area contributed by atoms with Gasteiger partial charge in [-0.25, -0.2) is 0 Å². The summed E-state index contributed by atoms with van der Waals surface area (Å²) in [6, 6.07) is 2.38. The highest BCUT2D eigenvalue weighted by molar-refractivity contribution is 14.0. The zero-order chi connectivity index (χ0) is 18.7. The van der Waals surface area contributed by atoms with E-state index < -0.39 is 0 Å². The molecule has 8 nitrogen and oxygen atoms in total. The van der Waals surface area contributed by atoms with Crippen LogP contribution >= 0.6 is 24.0 Å². The summed E-state index contributed by atoms with van der Waals surface area (Å²) < 4.78 is 13.1. The summed E-state index contributed by atoms with van der Waals surface area (Å²) in [5.41, 5.74) is 0. The van der Waals surface area contributed by atoms with Gasteiger partial charge in [-0.05, 0) is 25.8 Å². The third-order valence-electron chi connectivity index (χ3n) is 5.22. The van der Waals surface area contributed by atoms with Gasteiger partial charge in [0.2, 0.25) is 0 Å². The highest BCUT2D eigenvalue weighted by atomic mass is 127. The number of hydrogen-bond donors (Lipinski definition) is 2. The Bertz CT molecular complexity index is 545. The van der Waals surface area contributed by atoms with E-state index >= 15 is 0 Å². The molecule has 0 radical (unpaired) electrons. The van der Waals surface area contributed by atoms with Gasteiger partial charge in [-0.3, -0.25) is 14.6 Å². The van der Waals surface area contributed by atoms with E-state index in [-0.39, 0.29) is 24.0 Å². The van der Waals surface area contributed by atoms with Crippen LogP contribution in [0.1, 0.15) is 19.8 Å². The van der Waals surface area contributed by atoms with Gasteiger partial charge in [0.05, 0.1) is 26.4 Å². The van der Waals surface area contributed by atoms with Crippen LogP contribution in [0.2, 0.25) is 0 Å². The molecule has 2 aliphatic rings. The molecule has 0 aromatic carbocycles. The first kappa shape index (κ1) is 23.4. The van der Waals surface area contributed by atoms with Crippen LogP contribution in [-0.4, -0.2) is 85.8 Å². The van der Waals surface area contributed by atoms with Gasteiger partial charge in [0, 0.05) is 63.7 Å². The number of hydrogen-bond acceptors (Lipinski definition) is 5. The lowest BCUT2D eigenvalue weighted by Crippen LogP contribution is -2.49. The van der Waals surface area contributed by atoms with Crippen molar-refractivity contribution in [2.24, 2.45) is 10.9 Å². The summed E-state index contributed by atoms with van der Waals surface area (Å²) in [6.45, 7) is 10.9. The Morgan fingerprint density at radius 3 is 2.79 bits per heavy atom. The van der Waals surface area contributed by atoms with Crippen molar-refractivity contribution >= 4 is 29.9 Å². The molecule has 2 unspecified atom stereocenters. The van der Waals surface area contributed by atoms with Crippen molar-refractivity contribution in [2.75, 3.05) is 59.2 Å². The minimum absolute atomic E-state index is 0. The van der Waals surface area contributed by atoms with Crippen LogP contribution in [0.15, 0.2) is 23.5 Å². The lowest BCUT2D eigenvalue weighted by atomic mass is 9.97. The van der Waals surface area contributed by atoms with Crippen LogP contribution in [0.25, 0.3) is 0 Å². The first-order valence-corrected chi connectivity index (χ1v) is 10.3. The molecule has 3 heterocycles. The maximum absolute atomic E-state index is 5.65. The number of morpholine rings is 1. The lowest BCUT2D eigenvalue weighted by Gasteiger charge is -2.36. The van der Waals surface area contributed by atoms with E-state index in [0.29, 0.717) is 12.0 Å². The zero-order valence-corrected chi connectivity index (χ0v) is 19.2. The normalized spacial score (nSPS) is 21.9. The van der Waals surface area contributed by atoms with Crippen molar-refractivity contribution in [3.63, 3.8) is 0 Å². The van der Waals surface area contributed by atoms with Crippen molar-refractivity contribution < 1.29 is 9.47 Å². The van der Waals surface area contributed by atoms with Crippen LogP contribution < -0.4 is 10.6 Å². The van der Waals surface area contributed by atoms with E-state index in [1.54, 1.807) is 0 Å². The summed E-state index contributed by atoms with van der Waals surface area (Å²) in [4.78, 5) is 7.44. The summed E-state index contributed by atoms with van der Waals surface area (Å²) in [5.74, 6) is 1.46. The summed E-state index contributed by atoms with van der Waals surface area (Å²) in [5, 5.41) is 11.1. The van der Waals surface area contributed by atoms with Crippen molar-refractivity contribution in [1.29, 1.82) is 0 Å². The molecule has 9 heteroatoms. The molecule has 0 saturated carbocycles. The predicted molar refractivity (Wildman–Crippen MR) is 121 cm³/mol. The molecule has 1 aromatic rings. The van der Waals surface area contributed by atoms with Gasteiger partial charge in [-0.15, -0.1) is 24.0 Å². The molecule has 0 bridgehead atoms. The molecular formula is C19H35IN6O2. The SMILES string of the molecule is CCNC(=NCC(C1CCOC1)N1CCOCC1)NCCCn1cccn1.I. The van der Waals surface area contributed by atoms with Crippen LogP contribution in [0.3, 0.4) is 0 Å². The number of nitrogens with one attached hydrogen (secondary N) is 2. The van der Waals surface area contributed by atoms with Crippen LogP contribution in [0, 0.1) is 5.92 Å². The van der Waals surface area contributed by atoms with Crippen molar-refractivity contribution in [1.82, 2.24) is 25.3 Å². The maximum Gasteiger partial charge on any atom is 0.191 e. The van der Waals surface area contributed by atoms with Crippen LogP contribution in [0.5, 0.6) is 0 Å². The molecule has 28 heavy (non-hydrogen) atoms. The van der Waals surface area contributed by atoms with Gasteiger partial charge in [0.1, 0.15) is 0 Å². The largest absolute Gasteiger partial charge is 0.381 e. The summed E-state index contributed by atoms with van der Waals surface area (Å²) >= 11 is 0. The van der Waals surface area contributed by atoms with Gasteiger partial charge in [-0.1, -0.05) is 0 Å². The van der Waals surface area contributed by atoms with Crippen molar-refractivity contribution in [3.05, 3.63) is 18.5 Å². The van der Waals surface area contributed by atoms with E-state index in [0.717, 1.165) is 84.5 Å². The van der Waals surface area contributed by atoms with E-state index in [9.17, 15) is 0 Å². The van der Waals surface area contributed by atoms with Crippen molar-refractivity contribution in [3.8, 4) is 0 Å². The standard InChI is InChI=1S/C19H34N6O2.HI/c1-2-20-19(21-6-3-8-25-9-4-7-23-25)22-15-18(17-5-12-27-16-17)24-10-13-26-14-11-24;/h4,7,9,17-18H,2-3,5-6,8,10-16H2,1H3,(H2,20,21,22);1H. The monoisotopic (exact) mass is 506 g/mol. The second kappa shape index (κ2) is 13.3. The lowest BCUT2D eigenvalue weighted by molar-refractivity contribution is 0.00368. The van der Waals surface area contributed by atoms with Gasteiger partial charge < -0.3 is 20.1 Å². The molecule has 0 spiro atoms. The number of rotatable bonds is 9. The number of nitrogens with zero attached hydrogens (tertiary/aromatic N) is 4. The number of guanidine groups is 1. The molecule has 2 N–H and O–H groups in total. The Morgan fingerprint density at radius 2 is 2.11 bits per heavy atom. The second-order valence-corrected chi connectivity index (χ2v) is 7.11. The fourth-order valence-electron chi connectivity index (χ4n) is 3.74. The van der Waals surface area contributed by atoms with E-state index in [1.807, 2.05) is 23.1 Å². The van der Waals surface area contributed by atoms with E-state index in [1.165, 1.54) is 0 Å². The number of halogens is 1. The molecule has 2 atom stereocenters. The van der Waals surface area contributed by atoms with E-state index in [4.69, 9.17) is 14.5 Å². The first-order valence-electron chi connectivity index (χ1n) is 10.3. The minimum atomic E-state index is 0. The molecule has 3 rings (SSSR count). The molecule has 2 saturated heterocycles. The molecule has 2 fully saturated rings. The average Bonchev–Trinajstić information content (AvgIpc) is 3.40. The average molecular weight is 506 g/mol. The predicted octanol–water partition coefficient (Wildman–Crippen LogP) is 1.18. The highest BCUT2D eigenvalue weighted by Crippen LogP contribution is 2.22. The van der Waals surface area contributed by atoms with Crippen molar-refractivity contribution in [2.45, 2.75) is 32.4 Å². The molecule has 2 aliphatic heterocycles. The number of aliphatic imine (C=N–C) groups is 1. The second-order valence-electron chi connectivity index (χ2n) is 7.11. The molecule has 0 aliphatic carbocycles. The Labute approximate surface area is 185 Å². The maximum atomic E-state index is 5.65. The van der Waals surface area contributed by atoms with Crippen LogP contribution in [0.4, 0.5) is 0 Å². The third kappa shape index (κ3) is 7.49. The topological polar surface area (TPSA) is 75.9 Å². The highest BCUT2D eigenvalue weighted by Gasteiger charge is 2.31. The summed E-state index contributed by atoms with van der Waals surface area (Å²) in [6.07, 6.45) is 5.95. The van der Waals surface area contributed by atoms with E-state index in [2.05, 4.69) is 27.6 Å². The minimum Gasteiger partial charge on any atom is -0.381 e. The van der Waals surface area contributed by atoms with Gasteiger partial charge in [0.25, 0.3) is 0 Å². The molecular weight excluding hydrogens is 471 g/mol. The number of ether oxygens (including phenoxy) is 2. The fraction of sp³-hybridized carbons (Fsp3) is 0.789. The Hall–Kier alpha value is -0.910. The molecule has 160 valence electrons. The smallest absolute Gasteiger partial charge is 0.191 e. The Kier molecular flexibility index (Phi) is 11.1. The third-order valence-corrected chi connectivity index (χ3v) is 5.22. The summed E-state index contributed by atoms with van der Waals surface area (Å²) in [7, 11) is 0. The Balaban J connectivity index is 0.00000280.